The molecule has 188 valence electrons. The zero-order valence-corrected chi connectivity index (χ0v) is 20.3. The van der Waals surface area contributed by atoms with Crippen LogP contribution < -0.4 is 10.2 Å². The lowest BCUT2D eigenvalue weighted by molar-refractivity contribution is -0.384. The second kappa shape index (κ2) is 10.7. The van der Waals surface area contributed by atoms with E-state index < -0.39 is 17.6 Å². The average Bonchev–Trinajstić information content (AvgIpc) is 3.29. The molecule has 1 N–H and O–H groups in total. The summed E-state index contributed by atoms with van der Waals surface area (Å²) in [5.74, 6) is -1.53. The van der Waals surface area contributed by atoms with Gasteiger partial charge in [-0.2, -0.15) is 0 Å². The highest BCUT2D eigenvalue weighted by molar-refractivity contribution is 5.84. The average molecular weight is 486 g/mol. The van der Waals surface area contributed by atoms with Crippen LogP contribution in [-0.4, -0.2) is 30.0 Å². The zero-order valence-electron chi connectivity index (χ0n) is 20.3. The third-order valence-electron chi connectivity index (χ3n) is 7.70. The molecule has 35 heavy (non-hydrogen) atoms. The van der Waals surface area contributed by atoms with Crippen LogP contribution in [0.25, 0.3) is 0 Å². The van der Waals surface area contributed by atoms with Gasteiger partial charge < -0.3 is 10.2 Å². The minimum absolute atomic E-state index is 0.0524. The van der Waals surface area contributed by atoms with Crippen molar-refractivity contribution in [3.05, 3.63) is 69.8 Å². The molecular weight excluding hydrogens is 452 g/mol. The number of amides is 1. The first-order valence-electron chi connectivity index (χ1n) is 12.5. The number of hydrogen-bond acceptors (Lipinski definition) is 4. The summed E-state index contributed by atoms with van der Waals surface area (Å²) in [6.07, 6.45) is 4.80. The van der Waals surface area contributed by atoms with E-state index >= 15 is 0 Å². The molecule has 4 rings (SSSR count). The Morgan fingerprint density at radius 3 is 2.40 bits per heavy atom. The number of nitrogens with one attached hydrogen (secondary N) is 1. The molecule has 2 aromatic carbocycles. The standard InChI is InChI=1S/C27H33F2N3O3/c1-17(2)26(20-8-10-22(28)23(29)16-20)27(33)30-21-9-7-19(15-21)18-11-13-31(14-12-18)24-5-3-4-6-25(24)32(34)35/h3-6,8,10,16-19,21,26H,7,9,11-15H2,1-2H3,(H,30,33). The van der Waals surface area contributed by atoms with E-state index in [1.165, 1.54) is 6.07 Å². The van der Waals surface area contributed by atoms with Crippen LogP contribution in [0.3, 0.4) is 0 Å². The first kappa shape index (κ1) is 25.1. The topological polar surface area (TPSA) is 75.5 Å². The lowest BCUT2D eigenvalue weighted by atomic mass is 9.83. The summed E-state index contributed by atoms with van der Waals surface area (Å²) in [5, 5.41) is 14.6. The number of carbonyl (C=O) groups excluding carboxylic acids is 1. The van der Waals surface area contributed by atoms with Gasteiger partial charge in [-0.25, -0.2) is 8.78 Å². The highest BCUT2D eigenvalue weighted by atomic mass is 19.2. The number of rotatable bonds is 7. The Hall–Kier alpha value is -3.03. The van der Waals surface area contributed by atoms with Gasteiger partial charge in [0.1, 0.15) is 5.69 Å². The second-order valence-electron chi connectivity index (χ2n) is 10.2. The quantitative estimate of drug-likeness (QED) is 0.396. The van der Waals surface area contributed by atoms with Gasteiger partial charge in [0.15, 0.2) is 11.6 Å². The highest BCUT2D eigenvalue weighted by Crippen LogP contribution is 2.39. The highest BCUT2D eigenvalue weighted by Gasteiger charge is 2.36. The summed E-state index contributed by atoms with van der Waals surface area (Å²) >= 11 is 0. The molecule has 6 nitrogen and oxygen atoms in total. The summed E-state index contributed by atoms with van der Waals surface area (Å²) in [5.41, 5.74) is 1.33. The number of benzene rings is 2. The maximum Gasteiger partial charge on any atom is 0.292 e. The van der Waals surface area contributed by atoms with E-state index in [0.29, 0.717) is 23.1 Å². The van der Waals surface area contributed by atoms with E-state index in [1.807, 2.05) is 26.0 Å². The van der Waals surface area contributed by atoms with Gasteiger partial charge in [0, 0.05) is 25.2 Å². The van der Waals surface area contributed by atoms with Crippen LogP contribution >= 0.6 is 0 Å². The van der Waals surface area contributed by atoms with Gasteiger partial charge in [-0.1, -0.05) is 32.0 Å². The van der Waals surface area contributed by atoms with Gasteiger partial charge in [-0.3, -0.25) is 14.9 Å². The number of nitrogens with zero attached hydrogens (tertiary/aromatic N) is 2. The van der Waals surface area contributed by atoms with Crippen LogP contribution in [0.2, 0.25) is 0 Å². The largest absolute Gasteiger partial charge is 0.366 e. The Morgan fingerprint density at radius 1 is 1.03 bits per heavy atom. The van der Waals surface area contributed by atoms with Crippen LogP contribution in [0.4, 0.5) is 20.2 Å². The van der Waals surface area contributed by atoms with E-state index in [4.69, 9.17) is 0 Å². The molecule has 2 aliphatic rings. The van der Waals surface area contributed by atoms with E-state index in [2.05, 4.69) is 10.2 Å². The summed E-state index contributed by atoms with van der Waals surface area (Å²) in [4.78, 5) is 26.3. The summed E-state index contributed by atoms with van der Waals surface area (Å²) < 4.78 is 27.2. The maximum atomic E-state index is 13.8. The molecule has 1 saturated carbocycles. The molecular formula is C27H33F2N3O3. The summed E-state index contributed by atoms with van der Waals surface area (Å²) in [6.45, 7) is 5.39. The molecule has 0 spiro atoms. The minimum Gasteiger partial charge on any atom is -0.366 e. The fraction of sp³-hybridized carbons (Fsp3) is 0.519. The number of carbonyl (C=O) groups is 1. The summed E-state index contributed by atoms with van der Waals surface area (Å²) in [7, 11) is 0. The molecule has 3 unspecified atom stereocenters. The fourth-order valence-corrected chi connectivity index (χ4v) is 5.91. The molecule has 1 aliphatic carbocycles. The van der Waals surface area contributed by atoms with Crippen LogP contribution in [0.1, 0.15) is 57.4 Å². The molecule has 1 amide bonds. The van der Waals surface area contributed by atoms with E-state index in [1.54, 1.807) is 12.1 Å². The lowest BCUT2D eigenvalue weighted by Gasteiger charge is -2.36. The number of piperidine rings is 1. The fourth-order valence-electron chi connectivity index (χ4n) is 5.91. The Bertz CT molecular complexity index is 1070. The van der Waals surface area contributed by atoms with E-state index in [-0.39, 0.29) is 28.5 Å². The normalized spacial score (nSPS) is 21.8. The number of nitro benzene ring substituents is 1. The third kappa shape index (κ3) is 5.63. The molecule has 0 radical (unpaired) electrons. The van der Waals surface area contributed by atoms with Crippen LogP contribution in [0.15, 0.2) is 42.5 Å². The predicted molar refractivity (Wildman–Crippen MR) is 131 cm³/mol. The number of anilines is 1. The van der Waals surface area contributed by atoms with Gasteiger partial charge in [-0.05, 0) is 73.6 Å². The molecule has 2 fully saturated rings. The number of para-hydroxylation sites is 2. The summed E-state index contributed by atoms with van der Waals surface area (Å²) in [6, 6.07) is 10.7. The van der Waals surface area contributed by atoms with Crippen molar-refractivity contribution in [2.45, 2.75) is 57.9 Å². The van der Waals surface area contributed by atoms with Crippen LogP contribution in [-0.2, 0) is 4.79 Å². The van der Waals surface area contributed by atoms with Crippen LogP contribution in [0.5, 0.6) is 0 Å². The molecule has 1 heterocycles. The Balaban J connectivity index is 1.33. The first-order valence-corrected chi connectivity index (χ1v) is 12.5. The van der Waals surface area contributed by atoms with Crippen molar-refractivity contribution in [3.8, 4) is 0 Å². The zero-order chi connectivity index (χ0) is 25.1. The Morgan fingerprint density at radius 2 is 1.74 bits per heavy atom. The SMILES string of the molecule is CC(C)C(C(=O)NC1CCC(C2CCN(c3ccccc3[N+](=O)[O-])CC2)C1)c1ccc(F)c(F)c1. The van der Waals surface area contributed by atoms with Crippen molar-refractivity contribution in [1.82, 2.24) is 5.32 Å². The number of hydrogen-bond donors (Lipinski definition) is 1. The maximum absolute atomic E-state index is 13.8. The molecule has 1 aliphatic heterocycles. The van der Waals surface area contributed by atoms with Gasteiger partial charge >= 0.3 is 0 Å². The smallest absolute Gasteiger partial charge is 0.292 e. The van der Waals surface area contributed by atoms with E-state index in [9.17, 15) is 23.7 Å². The van der Waals surface area contributed by atoms with Gasteiger partial charge in [-0.15, -0.1) is 0 Å². The minimum atomic E-state index is -0.936. The number of nitro groups is 1. The Labute approximate surface area is 204 Å². The molecule has 2 aromatic rings. The molecule has 1 saturated heterocycles. The Kier molecular flexibility index (Phi) is 7.67. The predicted octanol–water partition coefficient (Wildman–Crippen LogP) is 5.81. The van der Waals surface area contributed by atoms with Crippen molar-refractivity contribution in [2.75, 3.05) is 18.0 Å². The van der Waals surface area contributed by atoms with Gasteiger partial charge in [0.05, 0.1) is 10.8 Å². The van der Waals surface area contributed by atoms with Crippen molar-refractivity contribution in [2.24, 2.45) is 17.8 Å². The first-order chi connectivity index (χ1) is 16.7. The van der Waals surface area contributed by atoms with Crippen molar-refractivity contribution < 1.29 is 18.5 Å². The van der Waals surface area contributed by atoms with Crippen molar-refractivity contribution in [3.63, 3.8) is 0 Å². The second-order valence-corrected chi connectivity index (χ2v) is 10.2. The molecule has 0 bridgehead atoms. The van der Waals surface area contributed by atoms with Crippen molar-refractivity contribution >= 4 is 17.3 Å². The molecule has 3 atom stereocenters. The van der Waals surface area contributed by atoms with Crippen molar-refractivity contribution in [1.29, 1.82) is 0 Å². The van der Waals surface area contributed by atoms with Crippen LogP contribution in [0, 0.1) is 39.5 Å². The molecule has 8 heteroatoms. The van der Waals surface area contributed by atoms with Gasteiger partial charge in [0.2, 0.25) is 5.91 Å². The van der Waals surface area contributed by atoms with Gasteiger partial charge in [0.25, 0.3) is 5.69 Å². The third-order valence-corrected chi connectivity index (χ3v) is 7.70. The lowest BCUT2D eigenvalue weighted by Crippen LogP contribution is -2.39. The number of halogens is 2. The monoisotopic (exact) mass is 485 g/mol. The van der Waals surface area contributed by atoms with E-state index in [0.717, 1.165) is 57.3 Å². The molecule has 0 aromatic heterocycles.